The Hall–Kier alpha value is -1.87. The highest BCUT2D eigenvalue weighted by Crippen LogP contribution is 2.30. The van der Waals surface area contributed by atoms with Crippen LogP contribution in [0.1, 0.15) is 48.6 Å². The van der Waals surface area contributed by atoms with Gasteiger partial charge in [-0.15, -0.1) is 11.3 Å². The van der Waals surface area contributed by atoms with Crippen molar-refractivity contribution in [2.45, 2.75) is 47.5 Å². The lowest BCUT2D eigenvalue weighted by molar-refractivity contribution is -0.131. The van der Waals surface area contributed by atoms with Crippen LogP contribution in [0.15, 0.2) is 41.5 Å². The first-order valence-corrected chi connectivity index (χ1v) is 8.76. The van der Waals surface area contributed by atoms with E-state index in [1.54, 1.807) is 13.0 Å². The van der Waals surface area contributed by atoms with Crippen molar-refractivity contribution in [3.63, 3.8) is 0 Å². The Bertz CT molecular complexity index is 670. The Kier molecular flexibility index (Phi) is 7.76. The van der Waals surface area contributed by atoms with Crippen LogP contribution in [0.3, 0.4) is 0 Å². The normalized spacial score (nSPS) is 13.4. The van der Waals surface area contributed by atoms with Crippen molar-refractivity contribution in [2.24, 2.45) is 0 Å². The van der Waals surface area contributed by atoms with Crippen LogP contribution in [-0.2, 0) is 17.6 Å². The molecule has 1 N–H and O–H groups in total. The zero-order valence-electron chi connectivity index (χ0n) is 14.6. The number of hydrogen-bond acceptors (Lipinski definition) is 2. The van der Waals surface area contributed by atoms with E-state index in [0.717, 1.165) is 24.0 Å². The molecule has 0 radical (unpaired) electrons. The maximum atomic E-state index is 10.6. The molecule has 0 atom stereocenters. The standard InChI is InChI=1S/C20H26O2S/c1-6-17-16(5)23-19(7-2)18(17)12-11-14(3)9-8-10-15(4)13-20(21)22/h8-13H,6-7H2,1-5H3,(H,21,22)/b10-8+,12-11+,14-9+,15-13+. The number of hydrogen-bond donors (Lipinski definition) is 1. The molecular formula is C20H26O2S. The van der Waals surface area contributed by atoms with E-state index in [1.165, 1.54) is 27.0 Å². The number of aryl methyl sites for hydroxylation is 2. The summed E-state index contributed by atoms with van der Waals surface area (Å²) in [7, 11) is 0. The van der Waals surface area contributed by atoms with Crippen molar-refractivity contribution in [3.8, 4) is 0 Å². The van der Waals surface area contributed by atoms with Crippen molar-refractivity contribution in [1.29, 1.82) is 0 Å². The molecule has 0 aliphatic rings. The zero-order valence-corrected chi connectivity index (χ0v) is 15.5. The summed E-state index contributed by atoms with van der Waals surface area (Å²) in [5.74, 6) is -0.917. The quantitative estimate of drug-likeness (QED) is 0.512. The smallest absolute Gasteiger partial charge is 0.328 e. The van der Waals surface area contributed by atoms with Crippen LogP contribution in [0.25, 0.3) is 6.08 Å². The molecule has 23 heavy (non-hydrogen) atoms. The molecule has 0 aliphatic heterocycles. The van der Waals surface area contributed by atoms with Gasteiger partial charge in [-0.2, -0.15) is 0 Å². The lowest BCUT2D eigenvalue weighted by Gasteiger charge is -2.00. The second-order valence-electron chi connectivity index (χ2n) is 5.51. The predicted octanol–water partition coefficient (Wildman–Crippen LogP) is 5.73. The maximum Gasteiger partial charge on any atom is 0.328 e. The average Bonchev–Trinajstić information content (AvgIpc) is 2.79. The molecule has 0 amide bonds. The number of allylic oxidation sites excluding steroid dienone is 6. The molecule has 0 saturated carbocycles. The van der Waals surface area contributed by atoms with E-state index in [0.29, 0.717) is 0 Å². The Balaban J connectivity index is 2.91. The van der Waals surface area contributed by atoms with E-state index in [1.807, 2.05) is 30.4 Å². The van der Waals surface area contributed by atoms with Gasteiger partial charge in [0.05, 0.1) is 0 Å². The Morgan fingerprint density at radius 1 is 1.13 bits per heavy atom. The summed E-state index contributed by atoms with van der Waals surface area (Å²) in [6, 6.07) is 0. The van der Waals surface area contributed by atoms with E-state index in [-0.39, 0.29) is 0 Å². The topological polar surface area (TPSA) is 37.3 Å². The van der Waals surface area contributed by atoms with Crippen LogP contribution >= 0.6 is 11.3 Å². The summed E-state index contributed by atoms with van der Waals surface area (Å²) in [4.78, 5) is 13.4. The highest BCUT2D eigenvalue weighted by Gasteiger charge is 2.10. The van der Waals surface area contributed by atoms with E-state index in [4.69, 9.17) is 5.11 Å². The van der Waals surface area contributed by atoms with Gasteiger partial charge in [0.1, 0.15) is 0 Å². The van der Waals surface area contributed by atoms with Gasteiger partial charge < -0.3 is 5.11 Å². The molecule has 1 rings (SSSR count). The molecule has 1 aromatic heterocycles. The fourth-order valence-corrected chi connectivity index (χ4v) is 3.61. The Morgan fingerprint density at radius 3 is 2.39 bits per heavy atom. The number of aliphatic carboxylic acids is 1. The number of carbonyl (C=O) groups is 1. The predicted molar refractivity (Wildman–Crippen MR) is 101 cm³/mol. The van der Waals surface area contributed by atoms with Gasteiger partial charge in [0.25, 0.3) is 0 Å². The highest BCUT2D eigenvalue weighted by atomic mass is 32.1. The highest BCUT2D eigenvalue weighted by molar-refractivity contribution is 7.12. The minimum Gasteiger partial charge on any atom is -0.478 e. The van der Waals surface area contributed by atoms with Gasteiger partial charge in [-0.1, -0.05) is 49.8 Å². The molecule has 0 saturated heterocycles. The molecule has 3 heteroatoms. The first kappa shape index (κ1) is 19.2. The minimum atomic E-state index is -0.917. The molecule has 1 heterocycles. The van der Waals surface area contributed by atoms with Crippen LogP contribution in [0.4, 0.5) is 0 Å². The molecular weight excluding hydrogens is 304 g/mol. The monoisotopic (exact) mass is 330 g/mol. The van der Waals surface area contributed by atoms with Gasteiger partial charge in [-0.05, 0) is 50.3 Å². The molecule has 0 fully saturated rings. The number of rotatable bonds is 7. The number of thiophene rings is 1. The van der Waals surface area contributed by atoms with Gasteiger partial charge in [-0.3, -0.25) is 0 Å². The minimum absolute atomic E-state index is 0.723. The second-order valence-corrected chi connectivity index (χ2v) is 6.82. The van der Waals surface area contributed by atoms with Crippen LogP contribution in [0.2, 0.25) is 0 Å². The molecule has 1 aromatic rings. The summed E-state index contributed by atoms with van der Waals surface area (Å²) in [5.41, 5.74) is 4.68. The van der Waals surface area contributed by atoms with E-state index >= 15 is 0 Å². The number of carboxylic acid groups (broad SMARTS) is 1. The van der Waals surface area contributed by atoms with Crippen molar-refractivity contribution in [1.82, 2.24) is 0 Å². The van der Waals surface area contributed by atoms with Gasteiger partial charge in [0.15, 0.2) is 0 Å². The third-order valence-electron chi connectivity index (χ3n) is 3.58. The second kappa shape index (κ2) is 9.31. The summed E-state index contributed by atoms with van der Waals surface area (Å²) >= 11 is 1.90. The molecule has 0 aliphatic carbocycles. The first-order valence-electron chi connectivity index (χ1n) is 7.94. The lowest BCUT2D eigenvalue weighted by atomic mass is 10.0. The summed E-state index contributed by atoms with van der Waals surface area (Å²) in [5, 5.41) is 8.67. The average molecular weight is 330 g/mol. The Labute approximate surface area is 143 Å². The van der Waals surface area contributed by atoms with Gasteiger partial charge >= 0.3 is 5.97 Å². The van der Waals surface area contributed by atoms with E-state index in [2.05, 4.69) is 32.9 Å². The third-order valence-corrected chi connectivity index (χ3v) is 4.89. The molecule has 2 nitrogen and oxygen atoms in total. The van der Waals surface area contributed by atoms with Crippen molar-refractivity contribution in [2.75, 3.05) is 0 Å². The largest absolute Gasteiger partial charge is 0.478 e. The summed E-state index contributed by atoms with van der Waals surface area (Å²) < 4.78 is 0. The first-order chi connectivity index (χ1) is 10.9. The van der Waals surface area contributed by atoms with Gasteiger partial charge in [-0.25, -0.2) is 4.79 Å². The number of carboxylic acids is 1. The van der Waals surface area contributed by atoms with Crippen LogP contribution in [0.5, 0.6) is 0 Å². The lowest BCUT2D eigenvalue weighted by Crippen LogP contribution is -1.87. The van der Waals surface area contributed by atoms with Crippen molar-refractivity contribution in [3.05, 3.63) is 62.4 Å². The third kappa shape index (κ3) is 6.03. The summed E-state index contributed by atoms with van der Waals surface area (Å²) in [6.07, 6.45) is 13.3. The van der Waals surface area contributed by atoms with E-state index < -0.39 is 5.97 Å². The van der Waals surface area contributed by atoms with Gasteiger partial charge in [0, 0.05) is 15.8 Å². The molecule has 124 valence electrons. The SMILES string of the molecule is CCc1sc(C)c(CC)c1/C=C/C(C)=C/C=C/C(C)=C/C(=O)O. The van der Waals surface area contributed by atoms with E-state index in [9.17, 15) is 4.79 Å². The summed E-state index contributed by atoms with van der Waals surface area (Å²) in [6.45, 7) is 10.4. The van der Waals surface area contributed by atoms with Gasteiger partial charge in [0.2, 0.25) is 0 Å². The zero-order chi connectivity index (χ0) is 17.4. The fraction of sp³-hybridized carbons (Fsp3) is 0.350. The Morgan fingerprint density at radius 2 is 1.83 bits per heavy atom. The maximum absolute atomic E-state index is 10.6. The van der Waals surface area contributed by atoms with Crippen molar-refractivity contribution >= 4 is 23.4 Å². The van der Waals surface area contributed by atoms with Crippen LogP contribution in [-0.4, -0.2) is 11.1 Å². The molecule has 0 unspecified atom stereocenters. The fourth-order valence-electron chi connectivity index (χ4n) is 2.42. The molecule has 0 spiro atoms. The van der Waals surface area contributed by atoms with Crippen LogP contribution in [0, 0.1) is 6.92 Å². The van der Waals surface area contributed by atoms with Crippen LogP contribution < -0.4 is 0 Å². The van der Waals surface area contributed by atoms with Crippen molar-refractivity contribution < 1.29 is 9.90 Å². The molecule has 0 aromatic carbocycles. The molecule has 0 bridgehead atoms.